The van der Waals surface area contributed by atoms with E-state index in [9.17, 15) is 9.59 Å². The molecule has 0 aromatic carbocycles. The number of nitrogens with one attached hydrogen (secondary N) is 2. The SMILES string of the molecule is CC(=O)NCC1CCN(CCCC(=O)NN)CC1. The van der Waals surface area contributed by atoms with Gasteiger partial charge in [0.15, 0.2) is 0 Å². The van der Waals surface area contributed by atoms with E-state index in [0.29, 0.717) is 12.3 Å². The largest absolute Gasteiger partial charge is 0.356 e. The lowest BCUT2D eigenvalue weighted by Gasteiger charge is -2.31. The Kier molecular flexibility index (Phi) is 6.67. The van der Waals surface area contributed by atoms with E-state index in [0.717, 1.165) is 45.4 Å². The first kappa shape index (κ1) is 14.9. The molecular weight excluding hydrogens is 232 g/mol. The number of hydrogen-bond acceptors (Lipinski definition) is 4. The van der Waals surface area contributed by atoms with Crippen LogP contribution in [-0.4, -0.2) is 42.9 Å². The summed E-state index contributed by atoms with van der Waals surface area (Å²) >= 11 is 0. The Morgan fingerprint density at radius 2 is 2.00 bits per heavy atom. The number of hydrogen-bond donors (Lipinski definition) is 3. The first-order valence-corrected chi connectivity index (χ1v) is 6.58. The highest BCUT2D eigenvalue weighted by Gasteiger charge is 2.18. The molecule has 0 aliphatic carbocycles. The van der Waals surface area contributed by atoms with E-state index in [1.807, 2.05) is 0 Å². The van der Waals surface area contributed by atoms with Crippen LogP contribution in [0.25, 0.3) is 0 Å². The standard InChI is InChI=1S/C12H24N4O2/c1-10(17)14-9-11-4-7-16(8-5-11)6-2-3-12(18)15-13/h11H,2-9,13H2,1H3,(H,14,17)(H,15,18). The number of rotatable bonds is 6. The van der Waals surface area contributed by atoms with Gasteiger partial charge < -0.3 is 10.2 Å². The van der Waals surface area contributed by atoms with Gasteiger partial charge in [-0.3, -0.25) is 15.0 Å². The molecule has 104 valence electrons. The Hall–Kier alpha value is -1.14. The van der Waals surface area contributed by atoms with E-state index in [1.54, 1.807) is 6.92 Å². The summed E-state index contributed by atoms with van der Waals surface area (Å²) in [7, 11) is 0. The molecule has 0 aromatic rings. The van der Waals surface area contributed by atoms with E-state index in [1.165, 1.54) is 0 Å². The van der Waals surface area contributed by atoms with E-state index in [4.69, 9.17) is 5.84 Å². The van der Waals surface area contributed by atoms with Crippen molar-refractivity contribution in [3.63, 3.8) is 0 Å². The van der Waals surface area contributed by atoms with Gasteiger partial charge >= 0.3 is 0 Å². The summed E-state index contributed by atoms with van der Waals surface area (Å²) in [4.78, 5) is 24.1. The minimum atomic E-state index is -0.101. The molecule has 0 saturated carbocycles. The number of nitrogens with zero attached hydrogens (tertiary/aromatic N) is 1. The second-order valence-electron chi connectivity index (χ2n) is 4.89. The Balaban J connectivity index is 2.08. The number of piperidine rings is 1. The van der Waals surface area contributed by atoms with Gasteiger partial charge in [-0.1, -0.05) is 0 Å². The molecule has 1 fully saturated rings. The lowest BCUT2D eigenvalue weighted by Crippen LogP contribution is -2.39. The summed E-state index contributed by atoms with van der Waals surface area (Å²) in [5.74, 6) is 5.56. The number of amides is 2. The molecule has 1 aliphatic rings. The van der Waals surface area contributed by atoms with Gasteiger partial charge in [0.25, 0.3) is 0 Å². The van der Waals surface area contributed by atoms with E-state index in [-0.39, 0.29) is 11.8 Å². The summed E-state index contributed by atoms with van der Waals surface area (Å²) in [5.41, 5.74) is 2.14. The van der Waals surface area contributed by atoms with Crippen molar-refractivity contribution in [3.8, 4) is 0 Å². The van der Waals surface area contributed by atoms with Crippen LogP contribution in [0.2, 0.25) is 0 Å². The molecule has 2 amide bonds. The van der Waals surface area contributed by atoms with Gasteiger partial charge in [0.05, 0.1) is 0 Å². The first-order valence-electron chi connectivity index (χ1n) is 6.58. The molecule has 0 spiro atoms. The smallest absolute Gasteiger partial charge is 0.233 e. The van der Waals surface area contributed by atoms with Gasteiger partial charge in [-0.25, -0.2) is 5.84 Å². The van der Waals surface area contributed by atoms with Crippen molar-refractivity contribution < 1.29 is 9.59 Å². The normalized spacial score (nSPS) is 17.4. The molecule has 6 nitrogen and oxygen atoms in total. The van der Waals surface area contributed by atoms with Gasteiger partial charge in [0.1, 0.15) is 0 Å². The van der Waals surface area contributed by atoms with Crippen molar-refractivity contribution in [2.75, 3.05) is 26.2 Å². The third-order valence-corrected chi connectivity index (χ3v) is 3.39. The van der Waals surface area contributed by atoms with Gasteiger partial charge in [-0.2, -0.15) is 0 Å². The molecule has 4 N–H and O–H groups in total. The van der Waals surface area contributed by atoms with Crippen LogP contribution in [0.5, 0.6) is 0 Å². The van der Waals surface area contributed by atoms with Crippen molar-refractivity contribution >= 4 is 11.8 Å². The number of likely N-dealkylation sites (tertiary alicyclic amines) is 1. The fraction of sp³-hybridized carbons (Fsp3) is 0.833. The molecule has 18 heavy (non-hydrogen) atoms. The first-order chi connectivity index (χ1) is 8.61. The number of carbonyl (C=O) groups excluding carboxylic acids is 2. The maximum atomic E-state index is 11.0. The minimum absolute atomic E-state index is 0.0465. The van der Waals surface area contributed by atoms with Crippen molar-refractivity contribution in [2.45, 2.75) is 32.6 Å². The van der Waals surface area contributed by atoms with E-state index < -0.39 is 0 Å². The Labute approximate surface area is 108 Å². The lowest BCUT2D eigenvalue weighted by molar-refractivity contribution is -0.121. The summed E-state index contributed by atoms with van der Waals surface area (Å²) in [6, 6.07) is 0. The third kappa shape index (κ3) is 5.97. The van der Waals surface area contributed by atoms with Crippen LogP contribution < -0.4 is 16.6 Å². The number of hydrazine groups is 1. The molecule has 1 rings (SSSR count). The molecule has 1 saturated heterocycles. The monoisotopic (exact) mass is 256 g/mol. The third-order valence-electron chi connectivity index (χ3n) is 3.39. The van der Waals surface area contributed by atoms with Crippen LogP contribution in [0.4, 0.5) is 0 Å². The van der Waals surface area contributed by atoms with Crippen LogP contribution in [0.3, 0.4) is 0 Å². The summed E-state index contributed by atoms with van der Waals surface area (Å²) in [6.07, 6.45) is 3.56. The van der Waals surface area contributed by atoms with Crippen molar-refractivity contribution in [1.82, 2.24) is 15.6 Å². The van der Waals surface area contributed by atoms with Gasteiger partial charge in [0.2, 0.25) is 11.8 Å². The van der Waals surface area contributed by atoms with Crippen LogP contribution >= 0.6 is 0 Å². The molecular formula is C12H24N4O2. The summed E-state index contributed by atoms with van der Waals surface area (Å²) in [6.45, 7) is 5.39. The average molecular weight is 256 g/mol. The predicted molar refractivity (Wildman–Crippen MR) is 69.4 cm³/mol. The molecule has 0 unspecified atom stereocenters. The lowest BCUT2D eigenvalue weighted by atomic mass is 9.96. The van der Waals surface area contributed by atoms with E-state index in [2.05, 4.69) is 15.6 Å². The van der Waals surface area contributed by atoms with Crippen LogP contribution in [0.15, 0.2) is 0 Å². The zero-order valence-corrected chi connectivity index (χ0v) is 11.1. The maximum absolute atomic E-state index is 11.0. The fourth-order valence-corrected chi connectivity index (χ4v) is 2.24. The molecule has 0 aromatic heterocycles. The van der Waals surface area contributed by atoms with Crippen molar-refractivity contribution in [2.24, 2.45) is 11.8 Å². The van der Waals surface area contributed by atoms with Gasteiger partial charge in [-0.05, 0) is 44.8 Å². The molecule has 1 heterocycles. The number of carbonyl (C=O) groups is 2. The summed E-state index contributed by atoms with van der Waals surface area (Å²) in [5, 5.41) is 2.87. The second-order valence-corrected chi connectivity index (χ2v) is 4.89. The molecule has 6 heteroatoms. The van der Waals surface area contributed by atoms with Crippen molar-refractivity contribution in [3.05, 3.63) is 0 Å². The topological polar surface area (TPSA) is 87.5 Å². The minimum Gasteiger partial charge on any atom is -0.356 e. The highest BCUT2D eigenvalue weighted by Crippen LogP contribution is 2.16. The van der Waals surface area contributed by atoms with Gasteiger partial charge in [-0.15, -0.1) is 0 Å². The highest BCUT2D eigenvalue weighted by atomic mass is 16.2. The van der Waals surface area contributed by atoms with Crippen LogP contribution in [-0.2, 0) is 9.59 Å². The molecule has 0 bridgehead atoms. The Morgan fingerprint density at radius 1 is 1.33 bits per heavy atom. The maximum Gasteiger partial charge on any atom is 0.233 e. The Bertz CT molecular complexity index is 275. The summed E-state index contributed by atoms with van der Waals surface area (Å²) < 4.78 is 0. The number of nitrogens with two attached hydrogens (primary N) is 1. The second kappa shape index (κ2) is 8.05. The molecule has 0 radical (unpaired) electrons. The fourth-order valence-electron chi connectivity index (χ4n) is 2.24. The quantitative estimate of drug-likeness (QED) is 0.343. The zero-order chi connectivity index (χ0) is 13.4. The van der Waals surface area contributed by atoms with Crippen LogP contribution in [0, 0.1) is 5.92 Å². The predicted octanol–water partition coefficient (Wildman–Crippen LogP) is -0.395. The van der Waals surface area contributed by atoms with E-state index >= 15 is 0 Å². The zero-order valence-electron chi connectivity index (χ0n) is 11.1. The van der Waals surface area contributed by atoms with Crippen LogP contribution in [0.1, 0.15) is 32.6 Å². The molecule has 1 aliphatic heterocycles. The Morgan fingerprint density at radius 3 is 2.56 bits per heavy atom. The highest BCUT2D eigenvalue weighted by molar-refractivity contribution is 5.75. The molecule has 0 atom stereocenters. The van der Waals surface area contributed by atoms with Crippen molar-refractivity contribution in [1.29, 1.82) is 0 Å². The average Bonchev–Trinajstić information content (AvgIpc) is 2.37. The van der Waals surface area contributed by atoms with Gasteiger partial charge in [0, 0.05) is 19.9 Å².